The van der Waals surface area contributed by atoms with E-state index in [1.54, 1.807) is 18.3 Å². The summed E-state index contributed by atoms with van der Waals surface area (Å²) in [5, 5.41) is 3.12. The lowest BCUT2D eigenvalue weighted by atomic mass is 10.1. The summed E-state index contributed by atoms with van der Waals surface area (Å²) in [4.78, 5) is 8.28. The Bertz CT molecular complexity index is 531. The van der Waals surface area contributed by atoms with Gasteiger partial charge in [0.05, 0.1) is 5.02 Å². The molecular formula is C12H11ClFN3. The van der Waals surface area contributed by atoms with E-state index in [9.17, 15) is 4.39 Å². The van der Waals surface area contributed by atoms with E-state index in [0.29, 0.717) is 23.6 Å². The molecule has 0 bridgehead atoms. The maximum Gasteiger partial charge on any atom is 0.152 e. The van der Waals surface area contributed by atoms with E-state index in [1.807, 2.05) is 6.92 Å². The molecule has 0 aliphatic heterocycles. The van der Waals surface area contributed by atoms with Crippen LogP contribution in [0, 0.1) is 5.82 Å². The molecule has 1 aromatic heterocycles. The van der Waals surface area contributed by atoms with Crippen LogP contribution in [0.5, 0.6) is 0 Å². The molecule has 5 heteroatoms. The lowest BCUT2D eigenvalue weighted by Crippen LogP contribution is -2.03. The summed E-state index contributed by atoms with van der Waals surface area (Å²) >= 11 is 5.75. The average Bonchev–Trinajstić information content (AvgIpc) is 2.34. The molecule has 1 heterocycles. The first-order valence-electron chi connectivity index (χ1n) is 5.23. The molecule has 0 aliphatic rings. The molecule has 2 rings (SSSR count). The third kappa shape index (κ3) is 2.36. The van der Waals surface area contributed by atoms with Gasteiger partial charge in [-0.3, -0.25) is 4.98 Å². The van der Waals surface area contributed by atoms with Gasteiger partial charge in [0.1, 0.15) is 5.69 Å². The molecule has 0 radical (unpaired) electrons. The van der Waals surface area contributed by atoms with Gasteiger partial charge < -0.3 is 5.32 Å². The highest BCUT2D eigenvalue weighted by Gasteiger charge is 2.13. The molecule has 1 aromatic carbocycles. The quantitative estimate of drug-likeness (QED) is 0.909. The van der Waals surface area contributed by atoms with Crippen molar-refractivity contribution in [1.82, 2.24) is 9.97 Å². The first-order valence-corrected chi connectivity index (χ1v) is 5.61. The fourth-order valence-electron chi connectivity index (χ4n) is 1.52. The molecule has 0 unspecified atom stereocenters. The van der Waals surface area contributed by atoms with Crippen molar-refractivity contribution in [3.8, 4) is 11.3 Å². The van der Waals surface area contributed by atoms with Gasteiger partial charge in [-0.15, -0.1) is 0 Å². The van der Waals surface area contributed by atoms with Gasteiger partial charge in [0.25, 0.3) is 0 Å². The second kappa shape index (κ2) is 5.10. The molecule has 0 atom stereocenters. The molecule has 0 saturated heterocycles. The third-order valence-electron chi connectivity index (χ3n) is 2.25. The Morgan fingerprint density at radius 1 is 1.29 bits per heavy atom. The summed E-state index contributed by atoms with van der Waals surface area (Å²) in [7, 11) is 0. The third-order valence-corrected chi connectivity index (χ3v) is 2.54. The molecule has 88 valence electrons. The number of benzene rings is 1. The van der Waals surface area contributed by atoms with Crippen molar-refractivity contribution < 1.29 is 4.39 Å². The minimum atomic E-state index is -0.478. The van der Waals surface area contributed by atoms with Crippen LogP contribution in [-0.4, -0.2) is 16.5 Å². The molecule has 0 aliphatic carbocycles. The second-order valence-corrected chi connectivity index (χ2v) is 3.79. The molecule has 0 saturated carbocycles. The number of aromatic nitrogens is 2. The van der Waals surface area contributed by atoms with Crippen molar-refractivity contribution in [2.24, 2.45) is 0 Å². The van der Waals surface area contributed by atoms with E-state index in [0.717, 1.165) is 0 Å². The standard InChI is InChI=1S/C12H11ClFN3/c1-2-15-12-11(16-6-7-17-12)8-4-3-5-9(13)10(8)14/h3-7H,2H2,1H3,(H,15,17). The van der Waals surface area contributed by atoms with Crippen LogP contribution in [0.25, 0.3) is 11.3 Å². The smallest absolute Gasteiger partial charge is 0.152 e. The van der Waals surface area contributed by atoms with E-state index >= 15 is 0 Å². The first kappa shape index (κ1) is 11.8. The van der Waals surface area contributed by atoms with Crippen LogP contribution < -0.4 is 5.32 Å². The summed E-state index contributed by atoms with van der Waals surface area (Å²) in [6.45, 7) is 2.63. The van der Waals surface area contributed by atoms with Crippen molar-refractivity contribution in [3.63, 3.8) is 0 Å². The van der Waals surface area contributed by atoms with E-state index in [2.05, 4.69) is 15.3 Å². The number of rotatable bonds is 3. The zero-order valence-corrected chi connectivity index (χ0v) is 10.0. The van der Waals surface area contributed by atoms with Gasteiger partial charge in [-0.25, -0.2) is 9.37 Å². The fourth-order valence-corrected chi connectivity index (χ4v) is 1.69. The number of hydrogen-bond acceptors (Lipinski definition) is 3. The Balaban J connectivity index is 2.56. The highest BCUT2D eigenvalue weighted by atomic mass is 35.5. The van der Waals surface area contributed by atoms with Crippen molar-refractivity contribution in [1.29, 1.82) is 0 Å². The van der Waals surface area contributed by atoms with E-state index < -0.39 is 5.82 Å². The zero-order valence-electron chi connectivity index (χ0n) is 9.24. The predicted molar refractivity (Wildman–Crippen MR) is 66.6 cm³/mol. The molecule has 17 heavy (non-hydrogen) atoms. The van der Waals surface area contributed by atoms with Crippen LogP contribution in [0.3, 0.4) is 0 Å². The average molecular weight is 252 g/mol. The summed E-state index contributed by atoms with van der Waals surface area (Å²) in [6.07, 6.45) is 3.08. The van der Waals surface area contributed by atoms with Gasteiger partial charge in [-0.1, -0.05) is 17.7 Å². The van der Waals surface area contributed by atoms with Gasteiger partial charge in [0, 0.05) is 24.5 Å². The Hall–Kier alpha value is -1.68. The molecule has 0 amide bonds. The van der Waals surface area contributed by atoms with Crippen molar-refractivity contribution in [2.75, 3.05) is 11.9 Å². The topological polar surface area (TPSA) is 37.8 Å². The molecule has 0 fully saturated rings. The van der Waals surface area contributed by atoms with Crippen LogP contribution in [-0.2, 0) is 0 Å². The van der Waals surface area contributed by atoms with Crippen molar-refractivity contribution in [2.45, 2.75) is 6.92 Å². The van der Waals surface area contributed by atoms with E-state index in [4.69, 9.17) is 11.6 Å². The minimum Gasteiger partial charge on any atom is -0.369 e. The number of halogens is 2. The van der Waals surface area contributed by atoms with Gasteiger partial charge >= 0.3 is 0 Å². The molecule has 0 spiro atoms. The summed E-state index contributed by atoms with van der Waals surface area (Å²) < 4.78 is 13.9. The number of anilines is 1. The molecule has 1 N–H and O–H groups in total. The highest BCUT2D eigenvalue weighted by molar-refractivity contribution is 6.31. The molecular weight excluding hydrogens is 241 g/mol. The Labute approximate surface area is 104 Å². The first-order chi connectivity index (χ1) is 8.24. The fraction of sp³-hybridized carbons (Fsp3) is 0.167. The SMILES string of the molecule is CCNc1nccnc1-c1cccc(Cl)c1F. The van der Waals surface area contributed by atoms with Crippen LogP contribution >= 0.6 is 11.6 Å². The number of nitrogens with zero attached hydrogens (tertiary/aromatic N) is 2. The Kier molecular flexibility index (Phi) is 3.54. The highest BCUT2D eigenvalue weighted by Crippen LogP contribution is 2.29. The molecule has 2 aromatic rings. The summed E-state index contributed by atoms with van der Waals surface area (Å²) in [5.74, 6) is 0.0741. The maximum absolute atomic E-state index is 13.9. The molecule has 3 nitrogen and oxygen atoms in total. The van der Waals surface area contributed by atoms with Crippen LogP contribution in [0.4, 0.5) is 10.2 Å². The summed E-state index contributed by atoms with van der Waals surface area (Å²) in [6, 6.07) is 4.82. The Morgan fingerprint density at radius 3 is 2.82 bits per heavy atom. The van der Waals surface area contributed by atoms with Crippen LogP contribution in [0.2, 0.25) is 5.02 Å². The predicted octanol–water partition coefficient (Wildman–Crippen LogP) is 3.37. The van der Waals surface area contributed by atoms with Crippen molar-refractivity contribution in [3.05, 3.63) is 41.4 Å². The lowest BCUT2D eigenvalue weighted by Gasteiger charge is -2.09. The zero-order chi connectivity index (χ0) is 12.3. The maximum atomic E-state index is 13.9. The van der Waals surface area contributed by atoms with Gasteiger partial charge in [-0.2, -0.15) is 0 Å². The van der Waals surface area contributed by atoms with Gasteiger partial charge in [0.2, 0.25) is 0 Å². The number of nitrogens with one attached hydrogen (secondary N) is 1. The van der Waals surface area contributed by atoms with Crippen LogP contribution in [0.15, 0.2) is 30.6 Å². The largest absolute Gasteiger partial charge is 0.369 e. The lowest BCUT2D eigenvalue weighted by molar-refractivity contribution is 0.631. The van der Waals surface area contributed by atoms with Crippen LogP contribution in [0.1, 0.15) is 6.92 Å². The Morgan fingerprint density at radius 2 is 2.06 bits per heavy atom. The van der Waals surface area contributed by atoms with E-state index in [-0.39, 0.29) is 5.02 Å². The van der Waals surface area contributed by atoms with Gasteiger partial charge in [0.15, 0.2) is 11.6 Å². The normalized spacial score (nSPS) is 10.3. The summed E-state index contributed by atoms with van der Waals surface area (Å²) in [5.41, 5.74) is 0.816. The minimum absolute atomic E-state index is 0.0793. The second-order valence-electron chi connectivity index (χ2n) is 3.39. The number of hydrogen-bond donors (Lipinski definition) is 1. The monoisotopic (exact) mass is 251 g/mol. The van der Waals surface area contributed by atoms with Gasteiger partial charge in [-0.05, 0) is 19.1 Å². The van der Waals surface area contributed by atoms with Crippen molar-refractivity contribution >= 4 is 17.4 Å². The van der Waals surface area contributed by atoms with E-state index in [1.165, 1.54) is 12.3 Å².